The molecule has 0 aliphatic carbocycles. The van der Waals surface area contributed by atoms with Crippen LogP contribution in [0.1, 0.15) is 60.8 Å². The van der Waals surface area contributed by atoms with Crippen molar-refractivity contribution in [3.8, 4) is 11.8 Å². The van der Waals surface area contributed by atoms with Gasteiger partial charge in [0.1, 0.15) is 11.8 Å². The SMILES string of the molecule is CCOc1ccc(/C=C/c2nc(C#N)c(N3CCN(C(=O)c4ccc(C(C)(C)C)cc4)CC3)o2)cc1. The van der Waals surface area contributed by atoms with Gasteiger partial charge in [0.25, 0.3) is 5.91 Å². The van der Waals surface area contributed by atoms with Crippen molar-refractivity contribution in [2.24, 2.45) is 0 Å². The van der Waals surface area contributed by atoms with E-state index in [1.54, 1.807) is 6.08 Å². The second-order valence-corrected chi connectivity index (χ2v) is 9.76. The summed E-state index contributed by atoms with van der Waals surface area (Å²) in [7, 11) is 0. The molecule has 0 N–H and O–H groups in total. The van der Waals surface area contributed by atoms with Gasteiger partial charge in [-0.25, -0.2) is 0 Å². The van der Waals surface area contributed by atoms with Crippen LogP contribution in [0.15, 0.2) is 52.9 Å². The van der Waals surface area contributed by atoms with Gasteiger partial charge in [-0.3, -0.25) is 4.79 Å². The highest BCUT2D eigenvalue weighted by atomic mass is 16.5. The van der Waals surface area contributed by atoms with Gasteiger partial charge in [0, 0.05) is 37.8 Å². The van der Waals surface area contributed by atoms with Crippen molar-refractivity contribution in [1.29, 1.82) is 5.26 Å². The minimum Gasteiger partial charge on any atom is -0.494 e. The number of hydrogen-bond acceptors (Lipinski definition) is 6. The number of hydrogen-bond donors (Lipinski definition) is 0. The zero-order chi connectivity index (χ0) is 25.7. The summed E-state index contributed by atoms with van der Waals surface area (Å²) in [5.74, 6) is 1.66. The van der Waals surface area contributed by atoms with Gasteiger partial charge in [0.05, 0.1) is 6.61 Å². The van der Waals surface area contributed by atoms with Crippen molar-refractivity contribution in [3.63, 3.8) is 0 Å². The van der Waals surface area contributed by atoms with Crippen LogP contribution in [0, 0.1) is 11.3 Å². The maximum Gasteiger partial charge on any atom is 0.253 e. The Bertz CT molecular complexity index is 1250. The third-order valence-electron chi connectivity index (χ3n) is 6.19. The third kappa shape index (κ3) is 5.77. The fourth-order valence-electron chi connectivity index (χ4n) is 4.10. The third-order valence-corrected chi connectivity index (χ3v) is 6.19. The predicted molar refractivity (Wildman–Crippen MR) is 141 cm³/mol. The Morgan fingerprint density at radius 3 is 2.31 bits per heavy atom. The molecule has 0 spiro atoms. The van der Waals surface area contributed by atoms with E-state index in [9.17, 15) is 10.1 Å². The molecule has 7 nitrogen and oxygen atoms in total. The molecule has 36 heavy (non-hydrogen) atoms. The fourth-order valence-corrected chi connectivity index (χ4v) is 4.10. The lowest BCUT2D eigenvalue weighted by Crippen LogP contribution is -2.48. The highest BCUT2D eigenvalue weighted by Crippen LogP contribution is 2.26. The van der Waals surface area contributed by atoms with Crippen molar-refractivity contribution in [2.45, 2.75) is 33.1 Å². The van der Waals surface area contributed by atoms with E-state index in [-0.39, 0.29) is 17.0 Å². The molecule has 186 valence electrons. The van der Waals surface area contributed by atoms with Gasteiger partial charge in [0.2, 0.25) is 17.5 Å². The van der Waals surface area contributed by atoms with Crippen LogP contribution in [0.3, 0.4) is 0 Å². The number of rotatable bonds is 6. The zero-order valence-corrected chi connectivity index (χ0v) is 21.3. The Morgan fingerprint density at radius 2 is 1.72 bits per heavy atom. The van der Waals surface area contributed by atoms with Crippen LogP contribution < -0.4 is 9.64 Å². The molecule has 0 atom stereocenters. The monoisotopic (exact) mass is 484 g/mol. The molecule has 0 unspecified atom stereocenters. The van der Waals surface area contributed by atoms with Crippen LogP contribution in [-0.2, 0) is 5.41 Å². The van der Waals surface area contributed by atoms with Gasteiger partial charge in [-0.2, -0.15) is 10.2 Å². The number of amides is 1. The molecule has 3 aromatic rings. The number of benzene rings is 2. The fraction of sp³-hybridized carbons (Fsp3) is 0.345. The number of nitrogens with zero attached hydrogens (tertiary/aromatic N) is 4. The number of aromatic nitrogens is 1. The first-order chi connectivity index (χ1) is 17.3. The lowest BCUT2D eigenvalue weighted by Gasteiger charge is -2.34. The molecule has 1 aromatic heterocycles. The molecule has 1 saturated heterocycles. The summed E-state index contributed by atoms with van der Waals surface area (Å²) < 4.78 is 11.4. The zero-order valence-electron chi connectivity index (χ0n) is 21.3. The van der Waals surface area contributed by atoms with E-state index >= 15 is 0 Å². The van der Waals surface area contributed by atoms with Crippen LogP contribution in [0.4, 0.5) is 5.88 Å². The number of oxazole rings is 1. The van der Waals surface area contributed by atoms with Crippen LogP contribution in [0.2, 0.25) is 0 Å². The maximum absolute atomic E-state index is 13.0. The van der Waals surface area contributed by atoms with Crippen molar-refractivity contribution in [3.05, 3.63) is 76.8 Å². The normalized spacial score (nSPS) is 14.2. The summed E-state index contributed by atoms with van der Waals surface area (Å²) in [6.45, 7) is 11.3. The Kier molecular flexibility index (Phi) is 7.44. The van der Waals surface area contributed by atoms with Gasteiger partial charge >= 0.3 is 0 Å². The van der Waals surface area contributed by atoms with Crippen LogP contribution in [0.5, 0.6) is 5.75 Å². The highest BCUT2D eigenvalue weighted by Gasteiger charge is 2.27. The van der Waals surface area contributed by atoms with E-state index in [2.05, 4.69) is 31.8 Å². The molecule has 0 radical (unpaired) electrons. The quantitative estimate of drug-likeness (QED) is 0.467. The van der Waals surface area contributed by atoms with Crippen molar-refractivity contribution >= 4 is 23.9 Å². The number of piperazine rings is 1. The number of carbonyl (C=O) groups excluding carboxylic acids is 1. The van der Waals surface area contributed by atoms with Crippen LogP contribution >= 0.6 is 0 Å². The first-order valence-electron chi connectivity index (χ1n) is 12.2. The Morgan fingerprint density at radius 1 is 1.06 bits per heavy atom. The molecule has 2 aromatic carbocycles. The van der Waals surface area contributed by atoms with E-state index in [0.29, 0.717) is 50.1 Å². The average molecular weight is 485 g/mol. The molecule has 1 fully saturated rings. The molecular weight excluding hydrogens is 452 g/mol. The smallest absolute Gasteiger partial charge is 0.253 e. The standard InChI is InChI=1S/C29H32N4O3/c1-5-35-24-13-6-21(7-14-24)8-15-26-31-25(20-30)28(36-26)33-18-16-32(17-19-33)27(34)22-9-11-23(12-10-22)29(2,3)4/h6-15H,5,16-19H2,1-4H3/b15-8+. The lowest BCUT2D eigenvalue weighted by atomic mass is 9.86. The second kappa shape index (κ2) is 10.7. The topological polar surface area (TPSA) is 82.6 Å². The summed E-state index contributed by atoms with van der Waals surface area (Å²) in [5, 5.41) is 9.60. The van der Waals surface area contributed by atoms with E-state index in [1.807, 2.05) is 71.3 Å². The Balaban J connectivity index is 1.39. The summed E-state index contributed by atoms with van der Waals surface area (Å²) >= 11 is 0. The Hall–Kier alpha value is -4.05. The van der Waals surface area contributed by atoms with Gasteiger partial charge in [0.15, 0.2) is 0 Å². The lowest BCUT2D eigenvalue weighted by molar-refractivity contribution is 0.0745. The summed E-state index contributed by atoms with van der Waals surface area (Å²) in [4.78, 5) is 21.2. The van der Waals surface area contributed by atoms with Gasteiger partial charge in [-0.1, -0.05) is 45.0 Å². The van der Waals surface area contributed by atoms with E-state index in [0.717, 1.165) is 11.3 Å². The molecule has 2 heterocycles. The molecular formula is C29H32N4O3. The molecule has 4 rings (SSSR count). The summed E-state index contributed by atoms with van der Waals surface area (Å²) in [6, 6.07) is 17.7. The van der Waals surface area contributed by atoms with E-state index in [4.69, 9.17) is 9.15 Å². The summed E-state index contributed by atoms with van der Waals surface area (Å²) in [5.41, 5.74) is 3.16. The molecule has 7 heteroatoms. The average Bonchev–Trinajstić information content (AvgIpc) is 3.31. The predicted octanol–water partition coefficient (Wildman–Crippen LogP) is 5.38. The van der Waals surface area contributed by atoms with Gasteiger partial charge in [-0.15, -0.1) is 0 Å². The van der Waals surface area contributed by atoms with Crippen LogP contribution in [0.25, 0.3) is 12.2 Å². The molecule has 1 aliphatic rings. The van der Waals surface area contributed by atoms with Gasteiger partial charge < -0.3 is 19.0 Å². The second-order valence-electron chi connectivity index (χ2n) is 9.76. The van der Waals surface area contributed by atoms with Crippen molar-refractivity contribution < 1.29 is 13.9 Å². The first kappa shape index (κ1) is 25.1. The van der Waals surface area contributed by atoms with Crippen molar-refractivity contribution in [2.75, 3.05) is 37.7 Å². The van der Waals surface area contributed by atoms with Gasteiger partial charge in [-0.05, 0) is 53.8 Å². The molecule has 1 amide bonds. The number of ether oxygens (including phenoxy) is 1. The first-order valence-corrected chi connectivity index (χ1v) is 12.2. The largest absolute Gasteiger partial charge is 0.494 e. The minimum atomic E-state index is 0.0205. The number of anilines is 1. The van der Waals surface area contributed by atoms with Crippen molar-refractivity contribution in [1.82, 2.24) is 9.88 Å². The molecule has 1 aliphatic heterocycles. The molecule has 0 saturated carbocycles. The summed E-state index contributed by atoms with van der Waals surface area (Å²) in [6.07, 6.45) is 3.63. The highest BCUT2D eigenvalue weighted by molar-refractivity contribution is 5.94. The molecule has 0 bridgehead atoms. The number of nitriles is 1. The van der Waals surface area contributed by atoms with E-state index < -0.39 is 0 Å². The minimum absolute atomic E-state index is 0.0205. The van der Waals surface area contributed by atoms with E-state index in [1.165, 1.54) is 5.56 Å². The number of carbonyl (C=O) groups is 1. The van der Waals surface area contributed by atoms with Crippen LogP contribution in [-0.4, -0.2) is 48.6 Å². The maximum atomic E-state index is 13.0. The Labute approximate surface area is 212 Å².